The third kappa shape index (κ3) is 3.87. The fraction of sp³-hybridized carbons (Fsp3) is 0.429. The van der Waals surface area contributed by atoms with Gasteiger partial charge in [0.2, 0.25) is 5.91 Å². The minimum absolute atomic E-state index is 0.00383. The predicted molar refractivity (Wildman–Crippen MR) is 69.5 cm³/mol. The van der Waals surface area contributed by atoms with Crippen molar-refractivity contribution in [3.63, 3.8) is 0 Å². The summed E-state index contributed by atoms with van der Waals surface area (Å²) in [5.74, 6) is -1.37. The van der Waals surface area contributed by atoms with Crippen LogP contribution in [0.5, 0.6) is 0 Å². The van der Waals surface area contributed by atoms with Crippen molar-refractivity contribution in [2.75, 3.05) is 6.54 Å². The highest BCUT2D eigenvalue weighted by Gasteiger charge is 2.22. The van der Waals surface area contributed by atoms with Crippen molar-refractivity contribution in [2.24, 2.45) is 0 Å². The summed E-state index contributed by atoms with van der Waals surface area (Å²) in [6, 6.07) is 7.60. The number of carboxylic acids is 1. The van der Waals surface area contributed by atoms with Gasteiger partial charge in [-0.3, -0.25) is 9.59 Å². The standard InChI is InChI=1S/C14H19NO3/c1-3-15-14(18)12(8-9-13(16)17)11-7-5-4-6-10(11)2/h4-7,12H,3,8-9H2,1-2H3,(H,15,18)(H,16,17). The number of carboxylic acid groups (broad SMARTS) is 1. The monoisotopic (exact) mass is 249 g/mol. The van der Waals surface area contributed by atoms with Gasteiger partial charge < -0.3 is 10.4 Å². The minimum atomic E-state index is -0.877. The molecule has 0 aliphatic carbocycles. The molecule has 1 rings (SSSR count). The number of hydrogen-bond donors (Lipinski definition) is 2. The van der Waals surface area contributed by atoms with E-state index in [-0.39, 0.29) is 18.2 Å². The summed E-state index contributed by atoms with van der Waals surface area (Å²) >= 11 is 0. The van der Waals surface area contributed by atoms with E-state index >= 15 is 0 Å². The number of aryl methyl sites for hydroxylation is 1. The molecule has 4 nitrogen and oxygen atoms in total. The van der Waals surface area contributed by atoms with Crippen molar-refractivity contribution >= 4 is 11.9 Å². The molecule has 1 amide bonds. The van der Waals surface area contributed by atoms with Crippen molar-refractivity contribution in [1.29, 1.82) is 0 Å². The molecule has 0 heterocycles. The molecule has 4 heteroatoms. The van der Waals surface area contributed by atoms with Crippen LogP contribution in [0.1, 0.15) is 36.8 Å². The van der Waals surface area contributed by atoms with Crippen LogP contribution in [-0.4, -0.2) is 23.5 Å². The smallest absolute Gasteiger partial charge is 0.303 e. The Morgan fingerprint density at radius 1 is 1.33 bits per heavy atom. The van der Waals surface area contributed by atoms with Crippen LogP contribution >= 0.6 is 0 Å². The van der Waals surface area contributed by atoms with E-state index in [2.05, 4.69) is 5.32 Å². The van der Waals surface area contributed by atoms with Gasteiger partial charge in [0.15, 0.2) is 0 Å². The van der Waals surface area contributed by atoms with Crippen molar-refractivity contribution in [2.45, 2.75) is 32.6 Å². The van der Waals surface area contributed by atoms with Gasteiger partial charge in [-0.15, -0.1) is 0 Å². The summed E-state index contributed by atoms with van der Waals surface area (Å²) in [5.41, 5.74) is 1.92. The fourth-order valence-corrected chi connectivity index (χ4v) is 1.97. The van der Waals surface area contributed by atoms with Gasteiger partial charge in [-0.2, -0.15) is 0 Å². The lowest BCUT2D eigenvalue weighted by Gasteiger charge is -2.17. The Hall–Kier alpha value is -1.84. The second-order valence-corrected chi connectivity index (χ2v) is 4.24. The van der Waals surface area contributed by atoms with Crippen molar-refractivity contribution in [3.05, 3.63) is 35.4 Å². The zero-order valence-electron chi connectivity index (χ0n) is 10.8. The van der Waals surface area contributed by atoms with Crippen LogP contribution in [0.3, 0.4) is 0 Å². The van der Waals surface area contributed by atoms with Gasteiger partial charge in [0.1, 0.15) is 0 Å². The van der Waals surface area contributed by atoms with Crippen molar-refractivity contribution in [1.82, 2.24) is 5.32 Å². The average Bonchev–Trinajstić information content (AvgIpc) is 2.31. The van der Waals surface area contributed by atoms with Crippen molar-refractivity contribution in [3.8, 4) is 0 Å². The molecule has 0 saturated heterocycles. The quantitative estimate of drug-likeness (QED) is 0.811. The van der Waals surface area contributed by atoms with E-state index in [1.165, 1.54) is 0 Å². The Kier molecular flexibility index (Phi) is 5.36. The third-order valence-corrected chi connectivity index (χ3v) is 2.88. The normalized spacial score (nSPS) is 11.9. The minimum Gasteiger partial charge on any atom is -0.481 e. The first-order chi connectivity index (χ1) is 8.56. The summed E-state index contributed by atoms with van der Waals surface area (Å²) in [6.45, 7) is 4.33. The van der Waals surface area contributed by atoms with Crippen LogP contribution in [0.25, 0.3) is 0 Å². The summed E-state index contributed by atoms with van der Waals surface area (Å²) in [5, 5.41) is 11.5. The highest BCUT2D eigenvalue weighted by molar-refractivity contribution is 5.84. The predicted octanol–water partition coefficient (Wildman–Crippen LogP) is 2.08. The Morgan fingerprint density at radius 2 is 2.00 bits per heavy atom. The van der Waals surface area contributed by atoms with E-state index < -0.39 is 5.97 Å². The van der Waals surface area contributed by atoms with E-state index in [4.69, 9.17) is 5.11 Å². The SMILES string of the molecule is CCNC(=O)C(CCC(=O)O)c1ccccc1C. The molecule has 0 radical (unpaired) electrons. The van der Waals surface area contributed by atoms with Crippen LogP contribution in [0, 0.1) is 6.92 Å². The molecule has 1 atom stereocenters. The van der Waals surface area contributed by atoms with Crippen LogP contribution in [0.2, 0.25) is 0 Å². The number of aliphatic carboxylic acids is 1. The van der Waals surface area contributed by atoms with Gasteiger partial charge >= 0.3 is 5.97 Å². The topological polar surface area (TPSA) is 66.4 Å². The molecule has 0 spiro atoms. The van der Waals surface area contributed by atoms with Gasteiger partial charge in [0.05, 0.1) is 5.92 Å². The van der Waals surface area contributed by atoms with Crippen LogP contribution in [0.4, 0.5) is 0 Å². The molecule has 0 aliphatic heterocycles. The number of carbonyl (C=O) groups is 2. The first-order valence-corrected chi connectivity index (χ1v) is 6.11. The number of hydrogen-bond acceptors (Lipinski definition) is 2. The Bertz CT molecular complexity index is 429. The van der Waals surface area contributed by atoms with Gasteiger partial charge in [-0.25, -0.2) is 0 Å². The molecular formula is C14H19NO3. The molecular weight excluding hydrogens is 230 g/mol. The average molecular weight is 249 g/mol. The first kappa shape index (κ1) is 14.2. The molecule has 0 fully saturated rings. The van der Waals surface area contributed by atoms with E-state index in [0.29, 0.717) is 13.0 Å². The number of nitrogens with one attached hydrogen (secondary N) is 1. The largest absolute Gasteiger partial charge is 0.481 e. The molecule has 1 aromatic rings. The summed E-state index contributed by atoms with van der Waals surface area (Å²) in [4.78, 5) is 22.7. The van der Waals surface area contributed by atoms with Crippen molar-refractivity contribution < 1.29 is 14.7 Å². The lowest BCUT2D eigenvalue weighted by Crippen LogP contribution is -2.29. The molecule has 1 unspecified atom stereocenters. The number of carbonyl (C=O) groups excluding carboxylic acids is 1. The first-order valence-electron chi connectivity index (χ1n) is 6.11. The van der Waals surface area contributed by atoms with Gasteiger partial charge in [-0.1, -0.05) is 24.3 Å². The number of amides is 1. The summed E-state index contributed by atoms with van der Waals surface area (Å²) in [6.07, 6.45) is 0.322. The molecule has 1 aromatic carbocycles. The maximum atomic E-state index is 12.0. The van der Waals surface area contributed by atoms with E-state index in [1.54, 1.807) is 0 Å². The molecule has 0 bridgehead atoms. The van der Waals surface area contributed by atoms with E-state index in [1.807, 2.05) is 38.1 Å². The Balaban J connectivity index is 2.93. The lowest BCUT2D eigenvalue weighted by atomic mass is 9.90. The number of rotatable bonds is 6. The van der Waals surface area contributed by atoms with Gasteiger partial charge in [0, 0.05) is 13.0 Å². The highest BCUT2D eigenvalue weighted by atomic mass is 16.4. The third-order valence-electron chi connectivity index (χ3n) is 2.88. The zero-order valence-corrected chi connectivity index (χ0v) is 10.8. The maximum Gasteiger partial charge on any atom is 0.303 e. The molecule has 2 N–H and O–H groups in total. The zero-order chi connectivity index (χ0) is 13.5. The van der Waals surface area contributed by atoms with E-state index in [9.17, 15) is 9.59 Å². The molecule has 0 saturated carbocycles. The maximum absolute atomic E-state index is 12.0. The molecule has 0 aliphatic rings. The second-order valence-electron chi connectivity index (χ2n) is 4.24. The summed E-state index contributed by atoms with van der Waals surface area (Å²) in [7, 11) is 0. The summed E-state index contributed by atoms with van der Waals surface area (Å²) < 4.78 is 0. The van der Waals surface area contributed by atoms with E-state index in [0.717, 1.165) is 11.1 Å². The van der Waals surface area contributed by atoms with Crippen LogP contribution in [0.15, 0.2) is 24.3 Å². The Morgan fingerprint density at radius 3 is 2.56 bits per heavy atom. The van der Waals surface area contributed by atoms with Gasteiger partial charge in [0.25, 0.3) is 0 Å². The molecule has 18 heavy (non-hydrogen) atoms. The lowest BCUT2D eigenvalue weighted by molar-refractivity contribution is -0.137. The highest BCUT2D eigenvalue weighted by Crippen LogP contribution is 2.24. The van der Waals surface area contributed by atoms with Crippen LogP contribution in [-0.2, 0) is 9.59 Å². The number of benzene rings is 1. The fourth-order valence-electron chi connectivity index (χ4n) is 1.97. The molecule has 98 valence electrons. The van der Waals surface area contributed by atoms with Gasteiger partial charge in [-0.05, 0) is 31.4 Å². The second kappa shape index (κ2) is 6.79. The Labute approximate surface area is 107 Å². The number of likely N-dealkylation sites (N-methyl/N-ethyl adjacent to an activating group) is 1. The molecule has 0 aromatic heterocycles. The van der Waals surface area contributed by atoms with Crippen LogP contribution < -0.4 is 5.32 Å².